The number of methoxy groups -OCH3 is 1. The van der Waals surface area contributed by atoms with Gasteiger partial charge in [0.15, 0.2) is 0 Å². The molecule has 0 saturated heterocycles. The van der Waals surface area contributed by atoms with E-state index in [1.54, 1.807) is 7.11 Å². The van der Waals surface area contributed by atoms with Crippen molar-refractivity contribution in [3.05, 3.63) is 27.7 Å². The smallest absolute Gasteiger partial charge is 0.125 e. The van der Waals surface area contributed by atoms with Crippen LogP contribution in [0.1, 0.15) is 18.1 Å². The first kappa shape index (κ1) is 12.9. The molecule has 1 atom stereocenters. The molecule has 0 bridgehead atoms. The molecule has 1 heterocycles. The molecule has 0 radical (unpaired) electrons. The standard InChI is InChI=1S/C13H18BrNO2/c1-13(15,8-16-2)7-10-6-11(14)5-9-3-4-17-12(9)10/h5-6H,3-4,7-8,15H2,1-2H3. The minimum absolute atomic E-state index is 0.366. The summed E-state index contributed by atoms with van der Waals surface area (Å²) in [5.74, 6) is 1.01. The van der Waals surface area contributed by atoms with Gasteiger partial charge in [0, 0.05) is 23.5 Å². The molecule has 2 rings (SSSR count). The molecule has 3 nitrogen and oxygen atoms in total. The first-order valence-electron chi connectivity index (χ1n) is 5.74. The van der Waals surface area contributed by atoms with Gasteiger partial charge >= 0.3 is 0 Å². The van der Waals surface area contributed by atoms with E-state index >= 15 is 0 Å². The van der Waals surface area contributed by atoms with Gasteiger partial charge in [-0.15, -0.1) is 0 Å². The Kier molecular flexibility index (Phi) is 3.76. The Bertz CT molecular complexity index is 418. The van der Waals surface area contributed by atoms with Gasteiger partial charge in [0.05, 0.1) is 13.2 Å². The summed E-state index contributed by atoms with van der Waals surface area (Å²) in [7, 11) is 1.67. The zero-order chi connectivity index (χ0) is 12.5. The average Bonchev–Trinajstić information content (AvgIpc) is 2.64. The van der Waals surface area contributed by atoms with Crippen LogP contribution in [-0.2, 0) is 17.6 Å². The van der Waals surface area contributed by atoms with Gasteiger partial charge in [-0.05, 0) is 36.6 Å². The molecule has 0 saturated carbocycles. The number of rotatable bonds is 4. The minimum atomic E-state index is -0.366. The van der Waals surface area contributed by atoms with Crippen LogP contribution in [0.15, 0.2) is 16.6 Å². The Morgan fingerprint density at radius 1 is 1.53 bits per heavy atom. The van der Waals surface area contributed by atoms with Crippen molar-refractivity contribution in [3.63, 3.8) is 0 Å². The molecular weight excluding hydrogens is 282 g/mol. The molecule has 0 amide bonds. The van der Waals surface area contributed by atoms with Crippen LogP contribution in [0.5, 0.6) is 5.75 Å². The molecule has 1 aromatic carbocycles. The lowest BCUT2D eigenvalue weighted by Crippen LogP contribution is -2.43. The highest BCUT2D eigenvalue weighted by atomic mass is 79.9. The van der Waals surface area contributed by atoms with Gasteiger partial charge in [0.1, 0.15) is 5.75 Å². The zero-order valence-corrected chi connectivity index (χ0v) is 11.8. The van der Waals surface area contributed by atoms with Gasteiger partial charge in [-0.25, -0.2) is 0 Å². The van der Waals surface area contributed by atoms with E-state index in [2.05, 4.69) is 28.1 Å². The Labute approximate surface area is 110 Å². The fraction of sp³-hybridized carbons (Fsp3) is 0.538. The van der Waals surface area contributed by atoms with Gasteiger partial charge in [-0.3, -0.25) is 0 Å². The van der Waals surface area contributed by atoms with Crippen LogP contribution >= 0.6 is 15.9 Å². The molecule has 0 aliphatic carbocycles. The Hall–Kier alpha value is -0.580. The fourth-order valence-electron chi connectivity index (χ4n) is 2.29. The SMILES string of the molecule is COCC(C)(N)Cc1cc(Br)cc2c1OCC2. The zero-order valence-electron chi connectivity index (χ0n) is 10.3. The molecule has 1 unspecified atom stereocenters. The van der Waals surface area contributed by atoms with Gasteiger partial charge in [0.25, 0.3) is 0 Å². The van der Waals surface area contributed by atoms with E-state index in [9.17, 15) is 0 Å². The molecule has 94 valence electrons. The second-order valence-electron chi connectivity index (χ2n) is 4.92. The maximum Gasteiger partial charge on any atom is 0.125 e. The number of benzene rings is 1. The van der Waals surface area contributed by atoms with Crippen molar-refractivity contribution in [2.24, 2.45) is 5.73 Å². The molecule has 0 aromatic heterocycles. The number of fused-ring (bicyclic) bond motifs is 1. The first-order chi connectivity index (χ1) is 8.02. The van der Waals surface area contributed by atoms with Crippen molar-refractivity contribution in [2.45, 2.75) is 25.3 Å². The van der Waals surface area contributed by atoms with Crippen LogP contribution in [0.25, 0.3) is 0 Å². The normalized spacial score (nSPS) is 17.4. The summed E-state index contributed by atoms with van der Waals surface area (Å²) < 4.78 is 11.9. The molecule has 2 N–H and O–H groups in total. The molecule has 1 aliphatic heterocycles. The Balaban J connectivity index is 2.27. The van der Waals surface area contributed by atoms with Crippen molar-refractivity contribution in [1.82, 2.24) is 0 Å². The highest BCUT2D eigenvalue weighted by molar-refractivity contribution is 9.10. The van der Waals surface area contributed by atoms with E-state index in [-0.39, 0.29) is 5.54 Å². The second-order valence-corrected chi connectivity index (χ2v) is 5.83. The molecule has 4 heteroatoms. The summed E-state index contributed by atoms with van der Waals surface area (Å²) in [6, 6.07) is 4.21. The largest absolute Gasteiger partial charge is 0.493 e. The van der Waals surface area contributed by atoms with Crippen LogP contribution < -0.4 is 10.5 Å². The first-order valence-corrected chi connectivity index (χ1v) is 6.53. The van der Waals surface area contributed by atoms with Gasteiger partial charge < -0.3 is 15.2 Å². The highest BCUT2D eigenvalue weighted by Gasteiger charge is 2.24. The second kappa shape index (κ2) is 4.96. The lowest BCUT2D eigenvalue weighted by atomic mass is 9.93. The van der Waals surface area contributed by atoms with E-state index in [1.165, 1.54) is 5.56 Å². The summed E-state index contributed by atoms with van der Waals surface area (Å²) in [6.07, 6.45) is 1.73. The molecule has 0 fully saturated rings. The molecule has 17 heavy (non-hydrogen) atoms. The van der Waals surface area contributed by atoms with Crippen molar-refractivity contribution in [1.29, 1.82) is 0 Å². The number of ether oxygens (including phenoxy) is 2. The van der Waals surface area contributed by atoms with E-state index in [1.807, 2.05) is 6.92 Å². The maximum absolute atomic E-state index is 6.21. The maximum atomic E-state index is 6.21. The molecular formula is C13H18BrNO2. The lowest BCUT2D eigenvalue weighted by molar-refractivity contribution is 0.140. The van der Waals surface area contributed by atoms with E-state index in [0.29, 0.717) is 6.61 Å². The number of halogens is 1. The number of nitrogens with two attached hydrogens (primary N) is 1. The molecule has 1 aromatic rings. The lowest BCUT2D eigenvalue weighted by Gasteiger charge is -2.24. The quantitative estimate of drug-likeness (QED) is 0.928. The minimum Gasteiger partial charge on any atom is -0.493 e. The summed E-state index contributed by atoms with van der Waals surface area (Å²) in [5.41, 5.74) is 8.27. The van der Waals surface area contributed by atoms with Gasteiger partial charge in [-0.1, -0.05) is 15.9 Å². The molecule has 1 aliphatic rings. The van der Waals surface area contributed by atoms with E-state index < -0.39 is 0 Å². The average molecular weight is 300 g/mol. The Morgan fingerprint density at radius 2 is 2.29 bits per heavy atom. The van der Waals surface area contributed by atoms with Crippen molar-refractivity contribution < 1.29 is 9.47 Å². The van der Waals surface area contributed by atoms with Crippen LogP contribution in [0.2, 0.25) is 0 Å². The van der Waals surface area contributed by atoms with Crippen molar-refractivity contribution in [3.8, 4) is 5.75 Å². The number of hydrogen-bond donors (Lipinski definition) is 1. The topological polar surface area (TPSA) is 44.5 Å². The predicted octanol–water partition coefficient (Wildman–Crippen LogP) is 2.29. The van der Waals surface area contributed by atoms with E-state index in [0.717, 1.165) is 35.2 Å². The van der Waals surface area contributed by atoms with Crippen molar-refractivity contribution in [2.75, 3.05) is 20.3 Å². The van der Waals surface area contributed by atoms with Crippen LogP contribution in [0.3, 0.4) is 0 Å². The van der Waals surface area contributed by atoms with Crippen LogP contribution in [-0.4, -0.2) is 25.9 Å². The van der Waals surface area contributed by atoms with E-state index in [4.69, 9.17) is 15.2 Å². The number of hydrogen-bond acceptors (Lipinski definition) is 3. The Morgan fingerprint density at radius 3 is 3.00 bits per heavy atom. The summed E-state index contributed by atoms with van der Waals surface area (Å²) in [6.45, 7) is 3.30. The third kappa shape index (κ3) is 3.00. The fourth-order valence-corrected chi connectivity index (χ4v) is 2.85. The summed E-state index contributed by atoms with van der Waals surface area (Å²) in [5, 5.41) is 0. The van der Waals surface area contributed by atoms with Gasteiger partial charge in [-0.2, -0.15) is 0 Å². The monoisotopic (exact) mass is 299 g/mol. The predicted molar refractivity (Wildman–Crippen MR) is 71.5 cm³/mol. The highest BCUT2D eigenvalue weighted by Crippen LogP contribution is 2.34. The third-order valence-corrected chi connectivity index (χ3v) is 3.35. The van der Waals surface area contributed by atoms with Crippen LogP contribution in [0, 0.1) is 0 Å². The van der Waals surface area contributed by atoms with Crippen LogP contribution in [0.4, 0.5) is 0 Å². The summed E-state index contributed by atoms with van der Waals surface area (Å²) in [4.78, 5) is 0. The third-order valence-electron chi connectivity index (χ3n) is 2.89. The van der Waals surface area contributed by atoms with Gasteiger partial charge in [0.2, 0.25) is 0 Å². The summed E-state index contributed by atoms with van der Waals surface area (Å²) >= 11 is 3.53. The molecule has 0 spiro atoms. The van der Waals surface area contributed by atoms with Crippen molar-refractivity contribution >= 4 is 15.9 Å².